The Bertz CT molecular complexity index is 247. The van der Waals surface area contributed by atoms with Gasteiger partial charge in [0, 0.05) is 18.0 Å². The lowest BCUT2D eigenvalue weighted by Gasteiger charge is -1.99. The van der Waals surface area contributed by atoms with Gasteiger partial charge in [0.25, 0.3) is 0 Å². The van der Waals surface area contributed by atoms with Crippen LogP contribution in [-0.2, 0) is 11.3 Å². The van der Waals surface area contributed by atoms with Crippen molar-refractivity contribution in [2.45, 2.75) is 46.6 Å². The molecule has 1 heterocycles. The zero-order valence-corrected chi connectivity index (χ0v) is 10.6. The average Bonchev–Trinajstić information content (AvgIpc) is 2.69. The van der Waals surface area contributed by atoms with Crippen molar-refractivity contribution < 1.29 is 4.79 Å². The lowest BCUT2D eigenvalue weighted by atomic mass is 10.3. The van der Waals surface area contributed by atoms with Crippen LogP contribution in [-0.4, -0.2) is 10.9 Å². The molecule has 4 heteroatoms. The summed E-state index contributed by atoms with van der Waals surface area (Å²) in [5.74, 6) is 0.104. The molecule has 0 aliphatic rings. The predicted molar refractivity (Wildman–Crippen MR) is 64.8 cm³/mol. The molecule has 15 heavy (non-hydrogen) atoms. The van der Waals surface area contributed by atoms with Crippen LogP contribution in [0.15, 0.2) is 11.6 Å². The van der Waals surface area contributed by atoms with E-state index in [2.05, 4.69) is 24.1 Å². The van der Waals surface area contributed by atoms with Crippen LogP contribution in [0, 0.1) is 0 Å². The number of carbonyl (C=O) groups is 1. The fourth-order valence-corrected chi connectivity index (χ4v) is 1.39. The molecule has 0 saturated carbocycles. The maximum Gasteiger partial charge on any atom is 0.220 e. The van der Waals surface area contributed by atoms with Gasteiger partial charge >= 0.3 is 0 Å². The average molecular weight is 228 g/mol. The molecular formula is C11H20N2OS. The molecule has 1 rings (SSSR count). The van der Waals surface area contributed by atoms with Gasteiger partial charge < -0.3 is 5.32 Å². The molecule has 0 aromatic carbocycles. The Morgan fingerprint density at radius 3 is 2.60 bits per heavy atom. The summed E-state index contributed by atoms with van der Waals surface area (Å²) in [6.45, 7) is 6.81. The first-order valence-corrected chi connectivity index (χ1v) is 6.27. The molecule has 0 spiro atoms. The number of thiazole rings is 1. The number of carbonyl (C=O) groups excluding carboxylic acids is 1. The van der Waals surface area contributed by atoms with Crippen molar-refractivity contribution >= 4 is 17.2 Å². The van der Waals surface area contributed by atoms with Gasteiger partial charge in [-0.25, -0.2) is 4.98 Å². The molecular weight excluding hydrogens is 208 g/mol. The third-order valence-corrected chi connectivity index (χ3v) is 2.18. The SMILES string of the molecule is CCC.CCCC(=O)NCc1nccs1. The normalized spacial score (nSPS) is 9.00. The summed E-state index contributed by atoms with van der Waals surface area (Å²) in [5.41, 5.74) is 0. The second-order valence-corrected chi connectivity index (χ2v) is 4.14. The molecule has 0 saturated heterocycles. The monoisotopic (exact) mass is 228 g/mol. The van der Waals surface area contributed by atoms with E-state index in [-0.39, 0.29) is 5.91 Å². The standard InChI is InChI=1S/C8H12N2OS.C3H8/c1-2-3-7(11)10-6-8-9-4-5-12-8;1-3-2/h4-5H,2-3,6H2,1H3,(H,10,11);3H2,1-2H3. The lowest BCUT2D eigenvalue weighted by Crippen LogP contribution is -2.21. The maximum absolute atomic E-state index is 11.0. The van der Waals surface area contributed by atoms with Gasteiger partial charge in [0.05, 0.1) is 6.54 Å². The molecule has 86 valence electrons. The largest absolute Gasteiger partial charge is 0.350 e. The van der Waals surface area contributed by atoms with Crippen molar-refractivity contribution in [2.75, 3.05) is 0 Å². The van der Waals surface area contributed by atoms with Gasteiger partial charge in [-0.1, -0.05) is 27.2 Å². The third kappa shape index (κ3) is 8.12. The quantitative estimate of drug-likeness (QED) is 0.860. The summed E-state index contributed by atoms with van der Waals surface area (Å²) in [6, 6.07) is 0. The lowest BCUT2D eigenvalue weighted by molar-refractivity contribution is -0.121. The first kappa shape index (κ1) is 14.1. The highest BCUT2D eigenvalue weighted by Gasteiger charge is 1.99. The van der Waals surface area contributed by atoms with Crippen molar-refractivity contribution in [3.8, 4) is 0 Å². The minimum absolute atomic E-state index is 0.104. The van der Waals surface area contributed by atoms with Crippen molar-refractivity contribution in [2.24, 2.45) is 0 Å². The van der Waals surface area contributed by atoms with Gasteiger partial charge in [-0.2, -0.15) is 0 Å². The zero-order valence-electron chi connectivity index (χ0n) is 9.75. The molecule has 1 amide bonds. The van der Waals surface area contributed by atoms with E-state index in [0.29, 0.717) is 13.0 Å². The highest BCUT2D eigenvalue weighted by molar-refractivity contribution is 7.09. The predicted octanol–water partition coefficient (Wildman–Crippen LogP) is 2.98. The van der Waals surface area contributed by atoms with E-state index in [1.54, 1.807) is 17.5 Å². The number of hydrogen-bond donors (Lipinski definition) is 1. The molecule has 0 aliphatic carbocycles. The second kappa shape index (κ2) is 9.65. The van der Waals surface area contributed by atoms with E-state index in [1.807, 2.05) is 12.3 Å². The molecule has 1 N–H and O–H groups in total. The molecule has 1 aromatic heterocycles. The minimum Gasteiger partial charge on any atom is -0.350 e. The smallest absolute Gasteiger partial charge is 0.220 e. The van der Waals surface area contributed by atoms with Crippen LogP contribution in [0.4, 0.5) is 0 Å². The molecule has 0 radical (unpaired) electrons. The molecule has 0 atom stereocenters. The first-order valence-electron chi connectivity index (χ1n) is 5.39. The second-order valence-electron chi connectivity index (χ2n) is 3.16. The fraction of sp³-hybridized carbons (Fsp3) is 0.636. The summed E-state index contributed by atoms with van der Waals surface area (Å²) in [4.78, 5) is 15.1. The van der Waals surface area contributed by atoms with Crippen molar-refractivity contribution in [3.63, 3.8) is 0 Å². The summed E-state index contributed by atoms with van der Waals surface area (Å²) in [5, 5.41) is 5.66. The molecule has 3 nitrogen and oxygen atoms in total. The van der Waals surface area contributed by atoms with Crippen LogP contribution in [0.1, 0.15) is 45.0 Å². The van der Waals surface area contributed by atoms with Gasteiger partial charge in [0.2, 0.25) is 5.91 Å². The van der Waals surface area contributed by atoms with Gasteiger partial charge in [-0.05, 0) is 6.42 Å². The topological polar surface area (TPSA) is 42.0 Å². The molecule has 0 fully saturated rings. The van der Waals surface area contributed by atoms with E-state index < -0.39 is 0 Å². The van der Waals surface area contributed by atoms with Crippen LogP contribution in [0.3, 0.4) is 0 Å². The zero-order chi connectivity index (χ0) is 11.5. The summed E-state index contributed by atoms with van der Waals surface area (Å²) < 4.78 is 0. The first-order chi connectivity index (χ1) is 7.24. The Kier molecular flexibility index (Phi) is 9.07. The van der Waals surface area contributed by atoms with Crippen molar-refractivity contribution in [1.82, 2.24) is 10.3 Å². The highest BCUT2D eigenvalue weighted by Crippen LogP contribution is 2.02. The number of rotatable bonds is 4. The Balaban J connectivity index is 0.000000583. The third-order valence-electron chi connectivity index (χ3n) is 1.40. The van der Waals surface area contributed by atoms with E-state index >= 15 is 0 Å². The minimum atomic E-state index is 0.104. The molecule has 0 aliphatic heterocycles. The van der Waals surface area contributed by atoms with Crippen molar-refractivity contribution in [3.05, 3.63) is 16.6 Å². The number of nitrogens with zero attached hydrogens (tertiary/aromatic N) is 1. The van der Waals surface area contributed by atoms with Gasteiger partial charge in [0.1, 0.15) is 5.01 Å². The van der Waals surface area contributed by atoms with E-state index in [9.17, 15) is 4.79 Å². The van der Waals surface area contributed by atoms with Crippen LogP contribution in [0.5, 0.6) is 0 Å². The Hall–Kier alpha value is -0.900. The van der Waals surface area contributed by atoms with Crippen LogP contribution in [0.25, 0.3) is 0 Å². The highest BCUT2D eigenvalue weighted by atomic mass is 32.1. The van der Waals surface area contributed by atoms with Crippen LogP contribution >= 0.6 is 11.3 Å². The van der Waals surface area contributed by atoms with Crippen molar-refractivity contribution in [1.29, 1.82) is 0 Å². The number of amides is 1. The summed E-state index contributed by atoms with van der Waals surface area (Å²) in [6.07, 6.45) is 4.49. The summed E-state index contributed by atoms with van der Waals surface area (Å²) in [7, 11) is 0. The van der Waals surface area contributed by atoms with Gasteiger partial charge in [0.15, 0.2) is 0 Å². The number of aromatic nitrogens is 1. The van der Waals surface area contributed by atoms with Gasteiger partial charge in [-0.3, -0.25) is 4.79 Å². The van der Waals surface area contributed by atoms with E-state index in [1.165, 1.54) is 6.42 Å². The Labute approximate surface area is 95.9 Å². The maximum atomic E-state index is 11.0. The summed E-state index contributed by atoms with van der Waals surface area (Å²) >= 11 is 1.56. The molecule has 0 bridgehead atoms. The Morgan fingerprint density at radius 2 is 2.13 bits per heavy atom. The number of nitrogens with one attached hydrogen (secondary N) is 1. The van der Waals surface area contributed by atoms with Crippen LogP contribution < -0.4 is 5.32 Å². The van der Waals surface area contributed by atoms with Crippen LogP contribution in [0.2, 0.25) is 0 Å². The van der Waals surface area contributed by atoms with E-state index in [0.717, 1.165) is 11.4 Å². The van der Waals surface area contributed by atoms with Gasteiger partial charge in [-0.15, -0.1) is 11.3 Å². The fourth-order valence-electron chi connectivity index (χ4n) is 0.830. The van der Waals surface area contributed by atoms with E-state index in [4.69, 9.17) is 0 Å². The number of hydrogen-bond acceptors (Lipinski definition) is 3. The molecule has 1 aromatic rings. The molecule has 0 unspecified atom stereocenters. The Morgan fingerprint density at radius 1 is 1.47 bits per heavy atom.